The molecule has 0 saturated carbocycles. The van der Waals surface area contributed by atoms with Gasteiger partial charge < -0.3 is 14.6 Å². The highest BCUT2D eigenvalue weighted by atomic mass is 32.2. The number of pyridine rings is 1. The molecular formula is C24H21N3O3S. The molecule has 0 saturated heterocycles. The Morgan fingerprint density at radius 2 is 1.74 bits per heavy atom. The van der Waals surface area contributed by atoms with Gasteiger partial charge in [0.25, 0.3) is 5.91 Å². The lowest BCUT2D eigenvalue weighted by Crippen LogP contribution is -2.13. The molecule has 0 aliphatic carbocycles. The first kappa shape index (κ1) is 20.7. The molecule has 1 amide bonds. The van der Waals surface area contributed by atoms with Crippen LogP contribution in [0, 0.1) is 13.8 Å². The number of hydrogen-bond donors (Lipinski definition) is 1. The zero-order valence-electron chi connectivity index (χ0n) is 17.2. The molecule has 7 heteroatoms. The molecule has 2 aromatic carbocycles. The highest BCUT2D eigenvalue weighted by molar-refractivity contribution is 7.98. The fourth-order valence-electron chi connectivity index (χ4n) is 2.85. The van der Waals surface area contributed by atoms with Crippen molar-refractivity contribution in [3.63, 3.8) is 0 Å². The normalized spacial score (nSPS) is 10.6. The molecule has 0 aliphatic rings. The lowest BCUT2D eigenvalue weighted by atomic mass is 10.2. The summed E-state index contributed by atoms with van der Waals surface area (Å²) < 4.78 is 10.9. The second-order valence-electron chi connectivity index (χ2n) is 6.97. The zero-order valence-corrected chi connectivity index (χ0v) is 18.0. The van der Waals surface area contributed by atoms with E-state index in [-0.39, 0.29) is 5.91 Å². The highest BCUT2D eigenvalue weighted by Crippen LogP contribution is 2.26. The number of carbonyl (C=O) groups excluding carboxylic acids is 1. The van der Waals surface area contributed by atoms with E-state index in [1.807, 2.05) is 68.4 Å². The summed E-state index contributed by atoms with van der Waals surface area (Å²) in [6.07, 6.45) is 1.67. The fourth-order valence-corrected chi connectivity index (χ4v) is 3.73. The molecule has 1 N–H and O–H groups in total. The van der Waals surface area contributed by atoms with Gasteiger partial charge in [-0.1, -0.05) is 34.6 Å². The summed E-state index contributed by atoms with van der Waals surface area (Å²) in [4.78, 5) is 17.2. The lowest BCUT2D eigenvalue weighted by Gasteiger charge is -2.10. The number of benzene rings is 2. The number of thioether (sulfide) groups is 1. The van der Waals surface area contributed by atoms with Crippen molar-refractivity contribution in [1.82, 2.24) is 10.1 Å². The topological polar surface area (TPSA) is 77.2 Å². The first-order valence-corrected chi connectivity index (χ1v) is 10.7. The van der Waals surface area contributed by atoms with Gasteiger partial charge in [-0.2, -0.15) is 0 Å². The summed E-state index contributed by atoms with van der Waals surface area (Å²) in [5.74, 6) is 2.56. The number of carbonyl (C=O) groups is 1. The quantitative estimate of drug-likeness (QED) is 0.360. The number of ether oxygens (including phenoxy) is 1. The van der Waals surface area contributed by atoms with E-state index in [2.05, 4.69) is 15.5 Å². The molecule has 4 rings (SSSR count). The molecule has 0 spiro atoms. The lowest BCUT2D eigenvalue weighted by molar-refractivity contribution is 0.102. The Bertz CT molecular complexity index is 1170. The van der Waals surface area contributed by atoms with E-state index in [1.54, 1.807) is 18.3 Å². The average molecular weight is 432 g/mol. The van der Waals surface area contributed by atoms with Gasteiger partial charge in [0.15, 0.2) is 0 Å². The Hall–Kier alpha value is -3.58. The monoisotopic (exact) mass is 431 g/mol. The van der Waals surface area contributed by atoms with Crippen molar-refractivity contribution >= 4 is 23.4 Å². The minimum absolute atomic E-state index is 0.223. The van der Waals surface area contributed by atoms with Gasteiger partial charge in [-0.05, 0) is 62.4 Å². The third kappa shape index (κ3) is 5.52. The predicted octanol–water partition coefficient (Wildman–Crippen LogP) is 6.02. The van der Waals surface area contributed by atoms with Crippen molar-refractivity contribution in [2.45, 2.75) is 24.6 Å². The molecule has 2 aromatic heterocycles. The minimum Gasteiger partial charge on any atom is -0.457 e. The first-order chi connectivity index (χ1) is 15.1. The third-order valence-corrected chi connectivity index (χ3v) is 5.46. The molecule has 0 bridgehead atoms. The number of anilines is 1. The summed E-state index contributed by atoms with van der Waals surface area (Å²) in [5.41, 5.74) is 3.17. The van der Waals surface area contributed by atoms with Crippen LogP contribution >= 0.6 is 11.8 Å². The largest absolute Gasteiger partial charge is 0.457 e. The van der Waals surface area contributed by atoms with Crippen LogP contribution < -0.4 is 10.1 Å². The Labute approximate surface area is 184 Å². The summed E-state index contributed by atoms with van der Waals surface area (Å²) in [6, 6.07) is 20.5. The molecule has 0 radical (unpaired) electrons. The van der Waals surface area contributed by atoms with Crippen molar-refractivity contribution in [3.05, 3.63) is 95.5 Å². The molecule has 0 aliphatic heterocycles. The second kappa shape index (κ2) is 9.49. The number of nitrogens with zero attached hydrogens (tertiary/aromatic N) is 2. The van der Waals surface area contributed by atoms with Crippen LogP contribution in [0.25, 0.3) is 0 Å². The van der Waals surface area contributed by atoms with E-state index in [9.17, 15) is 4.79 Å². The van der Waals surface area contributed by atoms with Crippen LogP contribution in [-0.4, -0.2) is 16.0 Å². The van der Waals surface area contributed by atoms with Crippen molar-refractivity contribution in [2.75, 3.05) is 5.32 Å². The molecule has 2 heterocycles. The molecule has 4 aromatic rings. The maximum absolute atomic E-state index is 12.8. The number of aryl methyl sites for hydroxylation is 2. The van der Waals surface area contributed by atoms with E-state index in [0.29, 0.717) is 27.8 Å². The number of amides is 1. The Morgan fingerprint density at radius 3 is 2.42 bits per heavy atom. The van der Waals surface area contributed by atoms with Crippen LogP contribution in [0.3, 0.4) is 0 Å². The maximum atomic E-state index is 12.8. The van der Waals surface area contributed by atoms with Crippen molar-refractivity contribution in [3.8, 4) is 11.5 Å². The van der Waals surface area contributed by atoms with Gasteiger partial charge in [-0.15, -0.1) is 0 Å². The molecule has 6 nitrogen and oxygen atoms in total. The third-order valence-electron chi connectivity index (χ3n) is 4.42. The zero-order chi connectivity index (χ0) is 21.6. The number of hydrogen-bond acceptors (Lipinski definition) is 6. The minimum atomic E-state index is -0.223. The summed E-state index contributed by atoms with van der Waals surface area (Å²) in [7, 11) is 0. The van der Waals surface area contributed by atoms with E-state index in [0.717, 1.165) is 17.2 Å². The highest BCUT2D eigenvalue weighted by Gasteiger charge is 2.14. The van der Waals surface area contributed by atoms with Gasteiger partial charge >= 0.3 is 0 Å². The van der Waals surface area contributed by atoms with Gasteiger partial charge in [0.1, 0.15) is 22.3 Å². The van der Waals surface area contributed by atoms with Crippen LogP contribution in [-0.2, 0) is 5.75 Å². The summed E-state index contributed by atoms with van der Waals surface area (Å²) >= 11 is 1.44. The van der Waals surface area contributed by atoms with Crippen LogP contribution in [0.4, 0.5) is 5.69 Å². The van der Waals surface area contributed by atoms with Crippen molar-refractivity contribution in [1.29, 1.82) is 0 Å². The molecule has 156 valence electrons. The van der Waals surface area contributed by atoms with Crippen LogP contribution in [0.2, 0.25) is 0 Å². The average Bonchev–Trinajstić information content (AvgIpc) is 3.20. The Morgan fingerprint density at radius 1 is 1.03 bits per heavy atom. The smallest absolute Gasteiger partial charge is 0.258 e. The molecule has 0 unspecified atom stereocenters. The molecular weight excluding hydrogens is 410 g/mol. The fraction of sp³-hybridized carbons (Fsp3) is 0.125. The van der Waals surface area contributed by atoms with E-state index < -0.39 is 0 Å². The van der Waals surface area contributed by atoms with Crippen LogP contribution in [0.15, 0.2) is 82.5 Å². The predicted molar refractivity (Wildman–Crippen MR) is 121 cm³/mol. The maximum Gasteiger partial charge on any atom is 0.258 e. The van der Waals surface area contributed by atoms with Gasteiger partial charge in [0, 0.05) is 23.7 Å². The van der Waals surface area contributed by atoms with E-state index >= 15 is 0 Å². The van der Waals surface area contributed by atoms with Gasteiger partial charge in [0.05, 0.1) is 11.3 Å². The van der Waals surface area contributed by atoms with E-state index in [4.69, 9.17) is 9.26 Å². The van der Waals surface area contributed by atoms with Gasteiger partial charge in [-0.25, -0.2) is 4.98 Å². The summed E-state index contributed by atoms with van der Waals surface area (Å²) in [6.45, 7) is 3.88. The Balaban J connectivity index is 1.40. The number of rotatable bonds is 7. The summed E-state index contributed by atoms with van der Waals surface area (Å²) in [5, 5.41) is 7.54. The second-order valence-corrected chi connectivity index (χ2v) is 7.93. The standard InChI is InChI=1S/C24H21N3O3S/c1-16-5-9-20(10-6-16)29-21-11-7-18(8-12-21)26-23(28)22-4-3-13-25-24(22)31-15-19-14-17(2)30-27-19/h3-14H,15H2,1-2H3,(H,26,28). The first-order valence-electron chi connectivity index (χ1n) is 9.73. The van der Waals surface area contributed by atoms with Crippen molar-refractivity contribution in [2.24, 2.45) is 0 Å². The van der Waals surface area contributed by atoms with E-state index in [1.165, 1.54) is 17.3 Å². The SMILES string of the molecule is Cc1ccc(Oc2ccc(NC(=O)c3cccnc3SCc3cc(C)on3)cc2)cc1. The molecule has 31 heavy (non-hydrogen) atoms. The van der Waals surface area contributed by atoms with Crippen molar-refractivity contribution < 1.29 is 14.1 Å². The molecule has 0 atom stereocenters. The number of aromatic nitrogens is 2. The van der Waals surface area contributed by atoms with Gasteiger partial charge in [0.2, 0.25) is 0 Å². The number of nitrogens with one attached hydrogen (secondary N) is 1. The van der Waals surface area contributed by atoms with Gasteiger partial charge in [-0.3, -0.25) is 4.79 Å². The van der Waals surface area contributed by atoms with Crippen LogP contribution in [0.5, 0.6) is 11.5 Å². The molecule has 0 fully saturated rings. The van der Waals surface area contributed by atoms with Crippen LogP contribution in [0.1, 0.15) is 27.4 Å². The Kier molecular flexibility index (Phi) is 6.33.